The average Bonchev–Trinajstić information content (AvgIpc) is 3.38. The first-order chi connectivity index (χ1) is 14.2. The third-order valence-electron chi connectivity index (χ3n) is 5.83. The Kier molecular flexibility index (Phi) is 4.77. The smallest absolute Gasteiger partial charge is 0.251 e. The molecule has 7 heteroatoms. The van der Waals surface area contributed by atoms with E-state index in [1.54, 1.807) is 4.90 Å². The Morgan fingerprint density at radius 3 is 2.90 bits per heavy atom. The van der Waals surface area contributed by atoms with Gasteiger partial charge in [-0.2, -0.15) is 0 Å². The quantitative estimate of drug-likeness (QED) is 0.352. The van der Waals surface area contributed by atoms with E-state index in [4.69, 9.17) is 17.2 Å². The molecular formula is C22H24N5OS+. The van der Waals surface area contributed by atoms with Gasteiger partial charge in [0.05, 0.1) is 36.2 Å². The molecule has 4 aromatic rings. The van der Waals surface area contributed by atoms with Crippen LogP contribution in [0.2, 0.25) is 0 Å². The molecule has 3 heterocycles. The molecule has 29 heavy (non-hydrogen) atoms. The van der Waals surface area contributed by atoms with Gasteiger partial charge in [-0.1, -0.05) is 12.1 Å². The van der Waals surface area contributed by atoms with Gasteiger partial charge < -0.3 is 15.2 Å². The van der Waals surface area contributed by atoms with Gasteiger partial charge in [0.15, 0.2) is 4.77 Å². The molecular weight excluding hydrogens is 382 g/mol. The summed E-state index contributed by atoms with van der Waals surface area (Å²) in [5.74, 6) is -0.0454. The molecule has 0 bridgehead atoms. The Labute approximate surface area is 173 Å². The zero-order valence-corrected chi connectivity index (χ0v) is 17.0. The van der Waals surface area contributed by atoms with Crippen LogP contribution < -0.4 is 10.2 Å². The van der Waals surface area contributed by atoms with E-state index in [-0.39, 0.29) is 5.91 Å². The summed E-state index contributed by atoms with van der Waals surface area (Å²) in [4.78, 5) is 22.3. The van der Waals surface area contributed by atoms with Crippen LogP contribution >= 0.6 is 12.2 Å². The summed E-state index contributed by atoms with van der Waals surface area (Å²) < 4.78 is 2.53. The highest BCUT2D eigenvalue weighted by atomic mass is 32.1. The van der Waals surface area contributed by atoms with Gasteiger partial charge in [-0.25, -0.2) is 4.98 Å². The van der Waals surface area contributed by atoms with Crippen molar-refractivity contribution in [2.24, 2.45) is 0 Å². The van der Waals surface area contributed by atoms with Crippen molar-refractivity contribution in [2.45, 2.75) is 19.3 Å². The van der Waals surface area contributed by atoms with Crippen molar-refractivity contribution in [2.75, 3.05) is 26.2 Å². The molecule has 148 valence electrons. The maximum absolute atomic E-state index is 12.6. The third-order valence-corrected chi connectivity index (χ3v) is 6.12. The van der Waals surface area contributed by atoms with Gasteiger partial charge in [-0.3, -0.25) is 9.20 Å². The Bertz CT molecular complexity index is 1270. The van der Waals surface area contributed by atoms with E-state index in [1.807, 2.05) is 46.9 Å². The van der Waals surface area contributed by atoms with E-state index in [2.05, 4.69) is 10.3 Å². The topological polar surface area (TPSA) is 66.6 Å². The number of aromatic amines is 1. The molecule has 5 rings (SSSR count). The molecule has 1 aliphatic heterocycles. The summed E-state index contributed by atoms with van der Waals surface area (Å²) in [6, 6.07) is 13.6. The summed E-state index contributed by atoms with van der Waals surface area (Å²) in [5.41, 5.74) is 4.16. The van der Waals surface area contributed by atoms with Crippen molar-refractivity contribution in [1.29, 1.82) is 0 Å². The molecule has 1 saturated heterocycles. The fourth-order valence-corrected chi connectivity index (χ4v) is 4.63. The molecule has 2 aromatic heterocycles. The fourth-order valence-electron chi connectivity index (χ4n) is 4.33. The average molecular weight is 407 g/mol. The maximum atomic E-state index is 12.6. The van der Waals surface area contributed by atoms with Gasteiger partial charge in [0.2, 0.25) is 0 Å². The zero-order valence-electron chi connectivity index (χ0n) is 16.2. The zero-order chi connectivity index (χ0) is 19.8. The number of hydrogen-bond acceptors (Lipinski definition) is 3. The van der Waals surface area contributed by atoms with Gasteiger partial charge in [0, 0.05) is 36.8 Å². The summed E-state index contributed by atoms with van der Waals surface area (Å²) in [6.45, 7) is 4.39. The number of carbonyl (C=O) groups excluding carboxylic acids is 1. The molecule has 0 unspecified atom stereocenters. The molecule has 3 N–H and O–H groups in total. The number of benzene rings is 2. The number of hydrogen-bond donors (Lipinski definition) is 3. The van der Waals surface area contributed by atoms with Crippen LogP contribution in [0.1, 0.15) is 29.6 Å². The van der Waals surface area contributed by atoms with Gasteiger partial charge >= 0.3 is 0 Å². The fraction of sp³-hybridized carbons (Fsp3) is 0.318. The number of rotatable bonds is 5. The SMILES string of the molecule is O=C(NCCC[NH+]1CCCC1)c1ccc2c(c1)[nH]c(=S)n1c3ccccc3nc21. The van der Waals surface area contributed by atoms with E-state index in [0.717, 1.165) is 40.5 Å². The first kappa shape index (κ1) is 18.3. The highest BCUT2D eigenvalue weighted by Gasteiger charge is 2.15. The van der Waals surface area contributed by atoms with Crippen molar-refractivity contribution in [3.05, 3.63) is 52.8 Å². The second kappa shape index (κ2) is 7.57. The number of carbonyl (C=O) groups is 1. The summed E-state index contributed by atoms with van der Waals surface area (Å²) in [6.07, 6.45) is 3.68. The molecule has 0 atom stereocenters. The predicted molar refractivity (Wildman–Crippen MR) is 117 cm³/mol. The van der Waals surface area contributed by atoms with E-state index in [0.29, 0.717) is 16.9 Å². The first-order valence-corrected chi connectivity index (χ1v) is 10.7. The minimum Gasteiger partial charge on any atom is -0.352 e. The van der Waals surface area contributed by atoms with Crippen LogP contribution in [0.5, 0.6) is 0 Å². The van der Waals surface area contributed by atoms with Gasteiger partial charge in [-0.15, -0.1) is 0 Å². The largest absolute Gasteiger partial charge is 0.352 e. The summed E-state index contributed by atoms with van der Waals surface area (Å²) >= 11 is 5.57. The number of para-hydroxylation sites is 2. The first-order valence-electron chi connectivity index (χ1n) is 10.3. The van der Waals surface area contributed by atoms with Crippen LogP contribution in [-0.2, 0) is 0 Å². The highest BCUT2D eigenvalue weighted by Crippen LogP contribution is 2.24. The van der Waals surface area contributed by atoms with Crippen LogP contribution in [-0.4, -0.2) is 46.5 Å². The molecule has 1 amide bonds. The third kappa shape index (κ3) is 3.41. The van der Waals surface area contributed by atoms with Crippen molar-refractivity contribution in [1.82, 2.24) is 19.7 Å². The van der Waals surface area contributed by atoms with Crippen molar-refractivity contribution in [3.63, 3.8) is 0 Å². The van der Waals surface area contributed by atoms with Gasteiger partial charge in [0.25, 0.3) is 5.91 Å². The van der Waals surface area contributed by atoms with Gasteiger partial charge in [0.1, 0.15) is 5.65 Å². The number of fused-ring (bicyclic) bond motifs is 5. The number of aromatic nitrogens is 3. The highest BCUT2D eigenvalue weighted by molar-refractivity contribution is 7.71. The molecule has 0 saturated carbocycles. The van der Waals surface area contributed by atoms with E-state index >= 15 is 0 Å². The van der Waals surface area contributed by atoms with Crippen LogP contribution in [0, 0.1) is 4.77 Å². The standard InChI is InChI=1S/C22H23N5OS/c28-21(23-10-5-13-26-11-3-4-12-26)15-8-9-16-18(14-15)25-22(29)27-19-7-2-1-6-17(19)24-20(16)27/h1-2,6-9,14H,3-5,10-13H2,(H,23,28)(H,25,29)/p+1. The minimum atomic E-state index is -0.0454. The normalized spacial score (nSPS) is 14.9. The van der Waals surface area contributed by atoms with Crippen LogP contribution in [0.3, 0.4) is 0 Å². The van der Waals surface area contributed by atoms with E-state index in [1.165, 1.54) is 25.9 Å². The molecule has 0 spiro atoms. The lowest BCUT2D eigenvalue weighted by Crippen LogP contribution is -3.10. The number of amides is 1. The Morgan fingerprint density at radius 2 is 2.03 bits per heavy atom. The van der Waals surface area contributed by atoms with Crippen molar-refractivity contribution < 1.29 is 9.69 Å². The van der Waals surface area contributed by atoms with Crippen LogP contribution in [0.4, 0.5) is 0 Å². The number of nitrogens with zero attached hydrogens (tertiary/aromatic N) is 2. The summed E-state index contributed by atoms with van der Waals surface area (Å²) in [5, 5.41) is 4.00. The molecule has 1 aliphatic rings. The molecule has 1 fully saturated rings. The second-order valence-electron chi connectivity index (χ2n) is 7.77. The minimum absolute atomic E-state index is 0.0454. The van der Waals surface area contributed by atoms with E-state index in [9.17, 15) is 4.79 Å². The van der Waals surface area contributed by atoms with Crippen molar-refractivity contribution >= 4 is 45.7 Å². The number of imidazole rings is 1. The Morgan fingerprint density at radius 1 is 1.21 bits per heavy atom. The molecule has 0 radical (unpaired) electrons. The van der Waals surface area contributed by atoms with Crippen LogP contribution in [0.15, 0.2) is 42.5 Å². The number of quaternary nitrogens is 1. The monoisotopic (exact) mass is 406 g/mol. The Hall–Kier alpha value is -2.77. The molecule has 2 aromatic carbocycles. The Balaban J connectivity index is 1.39. The summed E-state index contributed by atoms with van der Waals surface area (Å²) in [7, 11) is 0. The predicted octanol–water partition coefficient (Wildman–Crippen LogP) is 2.50. The lowest BCUT2D eigenvalue weighted by molar-refractivity contribution is -0.887. The number of H-pyrrole nitrogens is 1. The van der Waals surface area contributed by atoms with Crippen molar-refractivity contribution in [3.8, 4) is 0 Å². The lowest BCUT2D eigenvalue weighted by atomic mass is 10.1. The number of likely N-dealkylation sites (tertiary alicyclic amines) is 1. The number of nitrogens with one attached hydrogen (secondary N) is 3. The molecule has 0 aliphatic carbocycles. The van der Waals surface area contributed by atoms with Crippen LogP contribution in [0.25, 0.3) is 27.6 Å². The second-order valence-corrected chi connectivity index (χ2v) is 8.15. The van der Waals surface area contributed by atoms with Gasteiger partial charge in [-0.05, 0) is 42.5 Å². The molecule has 6 nitrogen and oxygen atoms in total. The lowest BCUT2D eigenvalue weighted by Gasteiger charge is -2.12. The maximum Gasteiger partial charge on any atom is 0.251 e. The van der Waals surface area contributed by atoms with E-state index < -0.39 is 0 Å².